The summed E-state index contributed by atoms with van der Waals surface area (Å²) in [6, 6.07) is 1.68. The first kappa shape index (κ1) is 16.0. The topological polar surface area (TPSA) is 76.4 Å². The maximum Gasteiger partial charge on any atom is 0.271 e. The van der Waals surface area contributed by atoms with E-state index in [1.807, 2.05) is 0 Å². The van der Waals surface area contributed by atoms with Crippen LogP contribution in [0.4, 0.5) is 0 Å². The van der Waals surface area contributed by atoms with Gasteiger partial charge in [0.1, 0.15) is 5.69 Å². The van der Waals surface area contributed by atoms with Gasteiger partial charge in [-0.15, -0.1) is 0 Å². The Labute approximate surface area is 125 Å². The van der Waals surface area contributed by atoms with Gasteiger partial charge >= 0.3 is 0 Å². The maximum atomic E-state index is 12.1. The number of carbonyl (C=O) groups excluding carboxylic acids is 1. The summed E-state index contributed by atoms with van der Waals surface area (Å²) >= 11 is 0. The summed E-state index contributed by atoms with van der Waals surface area (Å²) in [7, 11) is 1.63. The number of ether oxygens (including phenoxy) is 1. The van der Waals surface area contributed by atoms with Crippen LogP contribution in [0, 0.1) is 0 Å². The Bertz CT molecular complexity index is 451. The molecule has 21 heavy (non-hydrogen) atoms. The second kappa shape index (κ2) is 7.56. The minimum Gasteiger partial charge on any atom is -0.388 e. The zero-order valence-electron chi connectivity index (χ0n) is 12.7. The molecule has 1 heterocycles. The molecule has 2 N–H and O–H groups in total. The van der Waals surface area contributed by atoms with E-state index in [2.05, 4.69) is 10.4 Å². The number of carbonyl (C=O) groups is 1. The highest BCUT2D eigenvalue weighted by Crippen LogP contribution is 2.26. The summed E-state index contributed by atoms with van der Waals surface area (Å²) in [5.41, 5.74) is -0.381. The summed E-state index contributed by atoms with van der Waals surface area (Å²) in [6.45, 7) is 1.48. The largest absolute Gasteiger partial charge is 0.388 e. The molecule has 6 nitrogen and oxygen atoms in total. The molecule has 1 saturated carbocycles. The Morgan fingerprint density at radius 2 is 2.14 bits per heavy atom. The van der Waals surface area contributed by atoms with Crippen molar-refractivity contribution in [2.24, 2.45) is 0 Å². The summed E-state index contributed by atoms with van der Waals surface area (Å²) in [6.07, 6.45) is 7.66. The van der Waals surface area contributed by atoms with E-state index >= 15 is 0 Å². The van der Waals surface area contributed by atoms with E-state index in [4.69, 9.17) is 4.74 Å². The molecule has 2 rings (SSSR count). The molecule has 0 radical (unpaired) electrons. The molecule has 0 saturated heterocycles. The number of hydrogen-bond donors (Lipinski definition) is 2. The molecular formula is C15H25N3O3. The number of rotatable bonds is 6. The molecule has 1 fully saturated rings. The molecule has 0 spiro atoms. The number of hydrogen-bond acceptors (Lipinski definition) is 4. The van der Waals surface area contributed by atoms with E-state index in [0.717, 1.165) is 25.7 Å². The van der Waals surface area contributed by atoms with Crippen molar-refractivity contribution < 1.29 is 14.6 Å². The first-order chi connectivity index (χ1) is 10.1. The molecule has 1 aliphatic carbocycles. The van der Waals surface area contributed by atoms with Gasteiger partial charge in [-0.1, -0.05) is 25.7 Å². The Kier molecular flexibility index (Phi) is 5.76. The first-order valence-electron chi connectivity index (χ1n) is 7.66. The first-order valence-corrected chi connectivity index (χ1v) is 7.66. The maximum absolute atomic E-state index is 12.1. The predicted octanol–water partition coefficient (Wildman–Crippen LogP) is 1.34. The van der Waals surface area contributed by atoms with Crippen molar-refractivity contribution in [2.75, 3.05) is 20.3 Å². The lowest BCUT2D eigenvalue weighted by molar-refractivity contribution is 0.0245. The zero-order valence-corrected chi connectivity index (χ0v) is 12.7. The van der Waals surface area contributed by atoms with Gasteiger partial charge in [-0.05, 0) is 18.9 Å². The number of aromatic nitrogens is 2. The molecule has 1 amide bonds. The van der Waals surface area contributed by atoms with Crippen molar-refractivity contribution in [3.05, 3.63) is 18.0 Å². The minimum absolute atomic E-state index is 0.233. The van der Waals surface area contributed by atoms with E-state index < -0.39 is 5.60 Å². The van der Waals surface area contributed by atoms with Crippen molar-refractivity contribution in [1.82, 2.24) is 15.1 Å². The molecule has 0 aliphatic heterocycles. The normalized spacial score (nSPS) is 18.2. The van der Waals surface area contributed by atoms with Crippen molar-refractivity contribution in [2.45, 2.75) is 50.7 Å². The van der Waals surface area contributed by atoms with Crippen molar-refractivity contribution in [3.63, 3.8) is 0 Å². The van der Waals surface area contributed by atoms with E-state index in [0.29, 0.717) is 25.4 Å². The van der Waals surface area contributed by atoms with Crippen LogP contribution in [0.5, 0.6) is 0 Å². The monoisotopic (exact) mass is 295 g/mol. The average molecular weight is 295 g/mol. The third kappa shape index (κ3) is 4.82. The highest BCUT2D eigenvalue weighted by Gasteiger charge is 2.28. The second-order valence-corrected chi connectivity index (χ2v) is 5.78. The van der Waals surface area contributed by atoms with E-state index in [1.54, 1.807) is 24.1 Å². The number of amides is 1. The average Bonchev–Trinajstić information content (AvgIpc) is 2.85. The summed E-state index contributed by atoms with van der Waals surface area (Å²) in [4.78, 5) is 12.1. The SMILES string of the molecule is COCCn1ccc(C(=O)NCC2(O)CCCCCC2)n1. The fraction of sp³-hybridized carbons (Fsp3) is 0.733. The van der Waals surface area contributed by atoms with Crippen LogP contribution < -0.4 is 5.32 Å². The van der Waals surface area contributed by atoms with Gasteiger partial charge in [-0.2, -0.15) is 5.10 Å². The van der Waals surface area contributed by atoms with Crippen LogP contribution >= 0.6 is 0 Å². The standard InChI is InChI=1S/C15H25N3O3/c1-21-11-10-18-9-6-13(17-18)14(19)16-12-15(20)7-4-2-3-5-8-15/h6,9,20H,2-5,7-8,10-12H2,1H3,(H,16,19). The molecule has 6 heteroatoms. The molecule has 1 aromatic heterocycles. The Hall–Kier alpha value is -1.40. The van der Waals surface area contributed by atoms with Gasteiger partial charge in [0.05, 0.1) is 18.8 Å². The zero-order chi connectivity index (χ0) is 15.1. The lowest BCUT2D eigenvalue weighted by Crippen LogP contribution is -2.42. The third-order valence-corrected chi connectivity index (χ3v) is 4.01. The van der Waals surface area contributed by atoms with Gasteiger partial charge in [-0.25, -0.2) is 0 Å². The highest BCUT2D eigenvalue weighted by atomic mass is 16.5. The Morgan fingerprint density at radius 3 is 2.81 bits per heavy atom. The van der Waals surface area contributed by atoms with Gasteiger partial charge in [-0.3, -0.25) is 9.48 Å². The summed E-state index contributed by atoms with van der Waals surface area (Å²) in [5, 5.41) is 17.5. The fourth-order valence-electron chi connectivity index (χ4n) is 2.69. The molecule has 0 aromatic carbocycles. The van der Waals surface area contributed by atoms with Crippen LogP contribution in [0.2, 0.25) is 0 Å². The van der Waals surface area contributed by atoms with E-state index in [9.17, 15) is 9.90 Å². The van der Waals surface area contributed by atoms with Crippen LogP contribution in [-0.4, -0.2) is 46.7 Å². The smallest absolute Gasteiger partial charge is 0.271 e. The van der Waals surface area contributed by atoms with Crippen LogP contribution in [-0.2, 0) is 11.3 Å². The lowest BCUT2D eigenvalue weighted by atomic mass is 9.94. The predicted molar refractivity (Wildman–Crippen MR) is 79.1 cm³/mol. The van der Waals surface area contributed by atoms with Crippen LogP contribution in [0.3, 0.4) is 0 Å². The fourth-order valence-corrected chi connectivity index (χ4v) is 2.69. The summed E-state index contributed by atoms with van der Waals surface area (Å²) < 4.78 is 6.65. The molecule has 1 aliphatic rings. The number of aliphatic hydroxyl groups is 1. The van der Waals surface area contributed by atoms with Crippen LogP contribution in [0.1, 0.15) is 49.0 Å². The molecule has 0 unspecified atom stereocenters. The van der Waals surface area contributed by atoms with Gasteiger partial charge < -0.3 is 15.2 Å². The van der Waals surface area contributed by atoms with Gasteiger partial charge in [0.25, 0.3) is 5.91 Å². The lowest BCUT2D eigenvalue weighted by Gasteiger charge is -2.26. The molecule has 0 bridgehead atoms. The number of nitrogens with zero attached hydrogens (tertiary/aromatic N) is 2. The minimum atomic E-state index is -0.759. The van der Waals surface area contributed by atoms with Crippen LogP contribution in [0.25, 0.3) is 0 Å². The molecule has 0 atom stereocenters. The van der Waals surface area contributed by atoms with Crippen molar-refractivity contribution >= 4 is 5.91 Å². The van der Waals surface area contributed by atoms with Crippen molar-refractivity contribution in [1.29, 1.82) is 0 Å². The van der Waals surface area contributed by atoms with Crippen molar-refractivity contribution in [3.8, 4) is 0 Å². The molecule has 118 valence electrons. The molecular weight excluding hydrogens is 270 g/mol. The quantitative estimate of drug-likeness (QED) is 0.777. The third-order valence-electron chi connectivity index (χ3n) is 4.01. The van der Waals surface area contributed by atoms with Gasteiger partial charge in [0, 0.05) is 19.9 Å². The van der Waals surface area contributed by atoms with Crippen LogP contribution in [0.15, 0.2) is 12.3 Å². The number of nitrogens with one attached hydrogen (secondary N) is 1. The Balaban J connectivity index is 1.84. The molecule has 1 aromatic rings. The Morgan fingerprint density at radius 1 is 1.43 bits per heavy atom. The van der Waals surface area contributed by atoms with Gasteiger partial charge in [0.15, 0.2) is 0 Å². The van der Waals surface area contributed by atoms with Gasteiger partial charge in [0.2, 0.25) is 0 Å². The van der Waals surface area contributed by atoms with E-state index in [1.165, 1.54) is 12.8 Å². The second-order valence-electron chi connectivity index (χ2n) is 5.78. The van der Waals surface area contributed by atoms with E-state index in [-0.39, 0.29) is 5.91 Å². The number of methoxy groups -OCH3 is 1. The highest BCUT2D eigenvalue weighted by molar-refractivity contribution is 5.92. The summed E-state index contributed by atoms with van der Waals surface area (Å²) in [5.74, 6) is -0.233.